The van der Waals surface area contributed by atoms with Gasteiger partial charge in [-0.05, 0) is 12.0 Å². The van der Waals surface area contributed by atoms with Crippen LogP contribution in [-0.4, -0.2) is 17.4 Å². The second-order valence-electron chi connectivity index (χ2n) is 3.74. The number of ether oxygens (including phenoxy) is 1. The summed E-state index contributed by atoms with van der Waals surface area (Å²) in [5, 5.41) is 0. The lowest BCUT2D eigenvalue weighted by atomic mass is 10.1. The van der Waals surface area contributed by atoms with E-state index in [1.165, 1.54) is 0 Å². The van der Waals surface area contributed by atoms with Gasteiger partial charge in [-0.1, -0.05) is 75.5 Å². The molecule has 0 N–H and O–H groups in total. The highest BCUT2D eigenvalue weighted by Crippen LogP contribution is 2.31. The van der Waals surface area contributed by atoms with Gasteiger partial charge >= 0.3 is 5.97 Å². The Morgan fingerprint density at radius 3 is 2.53 bits per heavy atom. The normalized spacial score (nSPS) is 14.1. The van der Waals surface area contributed by atoms with Crippen LogP contribution >= 0.6 is 31.9 Å². The lowest BCUT2D eigenvalue weighted by Crippen LogP contribution is -2.22. The Bertz CT molecular complexity index is 341. The molecule has 0 bridgehead atoms. The average Bonchev–Trinajstić information content (AvgIpc) is 2.38. The highest BCUT2D eigenvalue weighted by Gasteiger charge is 2.26. The van der Waals surface area contributed by atoms with Gasteiger partial charge in [-0.3, -0.25) is 4.79 Å². The maximum Gasteiger partial charge on any atom is 0.321 e. The first-order valence-corrected chi connectivity index (χ1v) is 7.49. The maximum atomic E-state index is 11.7. The molecule has 2 nitrogen and oxygen atoms in total. The first kappa shape index (κ1) is 14.7. The van der Waals surface area contributed by atoms with Crippen LogP contribution in [0.2, 0.25) is 0 Å². The Kier molecular flexibility index (Phi) is 6.82. The predicted octanol–water partition coefficient (Wildman–Crippen LogP) is 4.23. The lowest BCUT2D eigenvalue weighted by molar-refractivity contribution is -0.142. The van der Waals surface area contributed by atoms with Crippen molar-refractivity contribution in [3.63, 3.8) is 0 Å². The number of hydrogen-bond donors (Lipinski definition) is 0. The van der Waals surface area contributed by atoms with Gasteiger partial charge in [0.1, 0.15) is 4.83 Å². The summed E-state index contributed by atoms with van der Waals surface area (Å²) < 4.78 is 5.17. The molecule has 0 fully saturated rings. The van der Waals surface area contributed by atoms with Gasteiger partial charge < -0.3 is 4.74 Å². The van der Waals surface area contributed by atoms with Gasteiger partial charge in [0.15, 0.2) is 0 Å². The van der Waals surface area contributed by atoms with Crippen LogP contribution in [0.4, 0.5) is 0 Å². The number of esters is 1. The van der Waals surface area contributed by atoms with Crippen LogP contribution < -0.4 is 0 Å². The number of unbranched alkanes of at least 4 members (excludes halogenated alkanes) is 1. The number of alkyl halides is 2. The molecule has 1 aromatic rings. The van der Waals surface area contributed by atoms with Gasteiger partial charge in [0, 0.05) is 0 Å². The second kappa shape index (κ2) is 7.88. The van der Waals surface area contributed by atoms with E-state index in [9.17, 15) is 4.79 Å². The van der Waals surface area contributed by atoms with Crippen molar-refractivity contribution in [2.24, 2.45) is 0 Å². The van der Waals surface area contributed by atoms with E-state index < -0.39 is 0 Å². The number of carbonyl (C=O) groups is 1. The van der Waals surface area contributed by atoms with E-state index in [-0.39, 0.29) is 15.6 Å². The zero-order chi connectivity index (χ0) is 12.7. The zero-order valence-corrected chi connectivity index (χ0v) is 12.9. The van der Waals surface area contributed by atoms with Gasteiger partial charge in [-0.15, -0.1) is 0 Å². The second-order valence-corrected chi connectivity index (χ2v) is 5.71. The van der Waals surface area contributed by atoms with Crippen LogP contribution in [-0.2, 0) is 9.53 Å². The van der Waals surface area contributed by atoms with Crippen LogP contribution in [0, 0.1) is 0 Å². The summed E-state index contributed by atoms with van der Waals surface area (Å²) in [6.07, 6.45) is 1.93. The molecule has 4 heteroatoms. The topological polar surface area (TPSA) is 26.3 Å². The Labute approximate surface area is 119 Å². The Morgan fingerprint density at radius 1 is 1.29 bits per heavy atom. The Morgan fingerprint density at radius 2 is 1.94 bits per heavy atom. The number of halogens is 2. The standard InChI is InChI=1S/C13H16Br2O2/c1-2-3-9-17-13(16)12(15)11(14)10-7-5-4-6-8-10/h4-8,11-12H,2-3,9H2,1H3/t11-,12-/m1/s1. The molecule has 0 aliphatic rings. The Balaban J connectivity index is 2.51. The van der Waals surface area contributed by atoms with Crippen molar-refractivity contribution >= 4 is 37.8 Å². The predicted molar refractivity (Wildman–Crippen MR) is 76.7 cm³/mol. The van der Waals surface area contributed by atoms with Crippen molar-refractivity contribution in [1.82, 2.24) is 0 Å². The molecular weight excluding hydrogens is 348 g/mol. The number of benzene rings is 1. The average molecular weight is 364 g/mol. The van der Waals surface area contributed by atoms with Gasteiger partial charge in [0.05, 0.1) is 11.4 Å². The largest absolute Gasteiger partial charge is 0.465 e. The third-order valence-electron chi connectivity index (χ3n) is 2.34. The molecule has 0 aliphatic heterocycles. The maximum absolute atomic E-state index is 11.7. The molecule has 0 unspecified atom stereocenters. The highest BCUT2D eigenvalue weighted by atomic mass is 79.9. The van der Waals surface area contributed by atoms with Crippen molar-refractivity contribution in [2.45, 2.75) is 29.4 Å². The fraction of sp³-hybridized carbons (Fsp3) is 0.462. The summed E-state index contributed by atoms with van der Waals surface area (Å²) in [6, 6.07) is 9.81. The van der Waals surface area contributed by atoms with Crippen molar-refractivity contribution in [2.75, 3.05) is 6.61 Å². The molecule has 0 heterocycles. The summed E-state index contributed by atoms with van der Waals surface area (Å²) >= 11 is 6.89. The molecule has 0 saturated carbocycles. The first-order valence-electron chi connectivity index (χ1n) is 5.66. The van der Waals surface area contributed by atoms with E-state index in [0.29, 0.717) is 6.61 Å². The first-order chi connectivity index (χ1) is 8.16. The van der Waals surface area contributed by atoms with Gasteiger partial charge in [-0.2, -0.15) is 0 Å². The van der Waals surface area contributed by atoms with E-state index in [0.717, 1.165) is 18.4 Å². The number of carbonyl (C=O) groups excluding carboxylic acids is 1. The van der Waals surface area contributed by atoms with Crippen molar-refractivity contribution in [3.8, 4) is 0 Å². The SMILES string of the molecule is CCCCOC(=O)[C@H](Br)[C@H](Br)c1ccccc1. The smallest absolute Gasteiger partial charge is 0.321 e. The molecule has 0 amide bonds. The minimum absolute atomic E-state index is 0.0715. The van der Waals surface area contributed by atoms with E-state index in [2.05, 4.69) is 38.8 Å². The summed E-state index contributed by atoms with van der Waals surface area (Å²) in [5.41, 5.74) is 1.06. The molecule has 1 rings (SSSR count). The molecule has 17 heavy (non-hydrogen) atoms. The molecule has 0 radical (unpaired) electrons. The fourth-order valence-electron chi connectivity index (χ4n) is 1.32. The van der Waals surface area contributed by atoms with Gasteiger partial charge in [0.2, 0.25) is 0 Å². The van der Waals surface area contributed by atoms with Crippen LogP contribution in [0.3, 0.4) is 0 Å². The zero-order valence-electron chi connectivity index (χ0n) is 9.74. The van der Waals surface area contributed by atoms with Crippen molar-refractivity contribution < 1.29 is 9.53 Å². The Hall–Kier alpha value is -0.350. The molecule has 2 atom stereocenters. The molecule has 0 aromatic heterocycles. The van der Waals surface area contributed by atoms with E-state index in [4.69, 9.17) is 4.74 Å². The summed E-state index contributed by atoms with van der Waals surface area (Å²) in [7, 11) is 0. The third kappa shape index (κ3) is 4.80. The molecule has 0 spiro atoms. The van der Waals surface area contributed by atoms with Crippen LogP contribution in [0.5, 0.6) is 0 Å². The van der Waals surface area contributed by atoms with Crippen LogP contribution in [0.1, 0.15) is 30.2 Å². The molecule has 94 valence electrons. The van der Waals surface area contributed by atoms with Crippen LogP contribution in [0.15, 0.2) is 30.3 Å². The minimum Gasteiger partial charge on any atom is -0.465 e. The highest BCUT2D eigenvalue weighted by molar-refractivity contribution is 9.12. The lowest BCUT2D eigenvalue weighted by Gasteiger charge is -2.16. The van der Waals surface area contributed by atoms with E-state index in [1.54, 1.807) is 0 Å². The number of rotatable bonds is 6. The van der Waals surface area contributed by atoms with Crippen molar-refractivity contribution in [1.29, 1.82) is 0 Å². The van der Waals surface area contributed by atoms with E-state index in [1.807, 2.05) is 30.3 Å². The van der Waals surface area contributed by atoms with Gasteiger partial charge in [0.25, 0.3) is 0 Å². The molecule has 1 aromatic carbocycles. The third-order valence-corrected chi connectivity index (χ3v) is 5.01. The quantitative estimate of drug-likeness (QED) is 0.429. The van der Waals surface area contributed by atoms with Crippen molar-refractivity contribution in [3.05, 3.63) is 35.9 Å². The summed E-state index contributed by atoms with van der Waals surface area (Å²) in [6.45, 7) is 2.56. The van der Waals surface area contributed by atoms with Crippen LogP contribution in [0.25, 0.3) is 0 Å². The molecule has 0 aliphatic carbocycles. The number of hydrogen-bond acceptors (Lipinski definition) is 2. The molecule has 0 saturated heterocycles. The monoisotopic (exact) mass is 362 g/mol. The minimum atomic E-state index is -0.359. The fourth-order valence-corrected chi connectivity index (χ4v) is 2.28. The van der Waals surface area contributed by atoms with E-state index >= 15 is 0 Å². The molecular formula is C13H16Br2O2. The summed E-state index contributed by atoms with van der Waals surface area (Å²) in [4.78, 5) is 11.3. The van der Waals surface area contributed by atoms with Gasteiger partial charge in [-0.25, -0.2) is 0 Å². The summed E-state index contributed by atoms with van der Waals surface area (Å²) in [5.74, 6) is -0.218.